The van der Waals surface area contributed by atoms with Crippen LogP contribution in [0.2, 0.25) is 0 Å². The van der Waals surface area contributed by atoms with Gasteiger partial charge in [0.2, 0.25) is 0 Å². The predicted octanol–water partition coefficient (Wildman–Crippen LogP) is 4.27. The number of carbonyl (C=O) groups excluding carboxylic acids is 1. The summed E-state index contributed by atoms with van der Waals surface area (Å²) in [6, 6.07) is 13.7. The fourth-order valence-electron chi connectivity index (χ4n) is 3.22. The first-order valence-corrected chi connectivity index (χ1v) is 10.2. The molecule has 4 rings (SSSR count). The normalized spacial score (nSPS) is 10.9. The van der Waals surface area contributed by atoms with E-state index in [2.05, 4.69) is 15.4 Å². The SMILES string of the molecule is CC(C)n1cccc(C(=O)Nc2ccc(Oc3ccnc(-c4cnn(C)c4)c3)cc2)c1=O. The Morgan fingerprint density at radius 1 is 1.09 bits per heavy atom. The summed E-state index contributed by atoms with van der Waals surface area (Å²) in [6.45, 7) is 3.79. The van der Waals surface area contributed by atoms with Crippen molar-refractivity contribution in [2.24, 2.45) is 7.05 Å². The number of amides is 1. The van der Waals surface area contributed by atoms with Gasteiger partial charge < -0.3 is 14.6 Å². The predicted molar refractivity (Wildman–Crippen MR) is 122 cm³/mol. The van der Waals surface area contributed by atoms with E-state index in [0.29, 0.717) is 17.2 Å². The molecule has 1 amide bonds. The Balaban J connectivity index is 1.46. The Morgan fingerprint density at radius 3 is 2.56 bits per heavy atom. The van der Waals surface area contributed by atoms with E-state index < -0.39 is 5.91 Å². The molecule has 1 aromatic carbocycles. The lowest BCUT2D eigenvalue weighted by atomic mass is 10.2. The van der Waals surface area contributed by atoms with Crippen LogP contribution in [0.15, 0.2) is 78.1 Å². The molecule has 32 heavy (non-hydrogen) atoms. The molecule has 4 aromatic rings. The molecule has 3 aromatic heterocycles. The minimum Gasteiger partial charge on any atom is -0.457 e. The van der Waals surface area contributed by atoms with Crippen molar-refractivity contribution in [3.8, 4) is 22.8 Å². The van der Waals surface area contributed by atoms with Crippen molar-refractivity contribution in [2.45, 2.75) is 19.9 Å². The zero-order chi connectivity index (χ0) is 22.7. The van der Waals surface area contributed by atoms with Crippen LogP contribution in [0.1, 0.15) is 30.2 Å². The zero-order valence-corrected chi connectivity index (χ0v) is 18.0. The molecule has 0 fully saturated rings. The number of rotatable bonds is 6. The third-order valence-corrected chi connectivity index (χ3v) is 4.86. The number of pyridine rings is 2. The van der Waals surface area contributed by atoms with Gasteiger partial charge in [0.05, 0.1) is 11.9 Å². The number of ether oxygens (including phenoxy) is 1. The third-order valence-electron chi connectivity index (χ3n) is 4.86. The molecular formula is C24H23N5O3. The van der Waals surface area contributed by atoms with Gasteiger partial charge in [0, 0.05) is 49.0 Å². The van der Waals surface area contributed by atoms with Crippen LogP contribution in [0.4, 0.5) is 5.69 Å². The summed E-state index contributed by atoms with van der Waals surface area (Å²) in [7, 11) is 1.85. The van der Waals surface area contributed by atoms with Crippen LogP contribution in [0.5, 0.6) is 11.5 Å². The van der Waals surface area contributed by atoms with Crippen LogP contribution in [-0.2, 0) is 7.05 Å². The van der Waals surface area contributed by atoms with E-state index in [1.54, 1.807) is 59.7 Å². The fraction of sp³-hybridized carbons (Fsp3) is 0.167. The molecule has 162 valence electrons. The second-order valence-corrected chi connectivity index (χ2v) is 7.59. The molecule has 0 radical (unpaired) electrons. The molecule has 0 aliphatic rings. The first-order chi connectivity index (χ1) is 15.4. The number of hydrogen-bond acceptors (Lipinski definition) is 5. The van der Waals surface area contributed by atoms with E-state index in [-0.39, 0.29) is 17.2 Å². The van der Waals surface area contributed by atoms with Gasteiger partial charge in [0.15, 0.2) is 0 Å². The summed E-state index contributed by atoms with van der Waals surface area (Å²) in [4.78, 5) is 29.4. The molecule has 8 nitrogen and oxygen atoms in total. The highest BCUT2D eigenvalue weighted by Gasteiger charge is 2.14. The highest BCUT2D eigenvalue weighted by atomic mass is 16.5. The lowest BCUT2D eigenvalue weighted by Crippen LogP contribution is -2.29. The maximum atomic E-state index is 12.6. The van der Waals surface area contributed by atoms with Gasteiger partial charge in [-0.05, 0) is 56.3 Å². The number of aromatic nitrogens is 4. The molecular weight excluding hydrogens is 406 g/mol. The highest BCUT2D eigenvalue weighted by Crippen LogP contribution is 2.26. The van der Waals surface area contributed by atoms with Gasteiger partial charge in [-0.25, -0.2) is 0 Å². The van der Waals surface area contributed by atoms with Gasteiger partial charge in [-0.1, -0.05) is 0 Å². The van der Waals surface area contributed by atoms with E-state index in [1.807, 2.05) is 33.2 Å². The Morgan fingerprint density at radius 2 is 1.88 bits per heavy atom. The second-order valence-electron chi connectivity index (χ2n) is 7.59. The molecule has 0 bridgehead atoms. The Bertz CT molecular complexity index is 1310. The molecule has 0 aliphatic heterocycles. The number of nitrogens with zero attached hydrogens (tertiary/aromatic N) is 4. The molecule has 0 unspecified atom stereocenters. The summed E-state index contributed by atoms with van der Waals surface area (Å²) >= 11 is 0. The quantitative estimate of drug-likeness (QED) is 0.494. The van der Waals surface area contributed by atoms with Crippen LogP contribution in [0.3, 0.4) is 0 Å². The number of benzene rings is 1. The van der Waals surface area contributed by atoms with Crippen molar-refractivity contribution < 1.29 is 9.53 Å². The van der Waals surface area contributed by atoms with Gasteiger partial charge >= 0.3 is 0 Å². The van der Waals surface area contributed by atoms with Crippen molar-refractivity contribution in [3.63, 3.8) is 0 Å². The minimum atomic E-state index is -0.450. The van der Waals surface area contributed by atoms with E-state index >= 15 is 0 Å². The Hall–Kier alpha value is -4.20. The number of aryl methyl sites for hydroxylation is 1. The Labute approximate surface area is 185 Å². The number of hydrogen-bond donors (Lipinski definition) is 1. The highest BCUT2D eigenvalue weighted by molar-refractivity contribution is 6.04. The summed E-state index contributed by atoms with van der Waals surface area (Å²) in [5.74, 6) is 0.788. The monoisotopic (exact) mass is 429 g/mol. The van der Waals surface area contributed by atoms with E-state index in [9.17, 15) is 9.59 Å². The summed E-state index contributed by atoms with van der Waals surface area (Å²) in [5, 5.41) is 6.92. The van der Waals surface area contributed by atoms with Crippen LogP contribution in [0, 0.1) is 0 Å². The van der Waals surface area contributed by atoms with Crippen molar-refractivity contribution in [1.82, 2.24) is 19.3 Å². The van der Waals surface area contributed by atoms with Gasteiger partial charge in [0.1, 0.15) is 17.1 Å². The van der Waals surface area contributed by atoms with Crippen molar-refractivity contribution in [3.05, 3.63) is 89.2 Å². The van der Waals surface area contributed by atoms with Gasteiger partial charge in [-0.3, -0.25) is 19.3 Å². The van der Waals surface area contributed by atoms with Crippen LogP contribution in [0.25, 0.3) is 11.3 Å². The largest absolute Gasteiger partial charge is 0.457 e. The maximum Gasteiger partial charge on any atom is 0.263 e. The van der Waals surface area contributed by atoms with E-state index in [0.717, 1.165) is 11.3 Å². The smallest absolute Gasteiger partial charge is 0.263 e. The van der Waals surface area contributed by atoms with Gasteiger partial charge in [0.25, 0.3) is 11.5 Å². The standard InChI is InChI=1S/C24H23N5O3/c1-16(2)29-12-4-5-21(24(29)31)23(30)27-18-6-8-19(9-7-18)32-20-10-11-25-22(13-20)17-14-26-28(3)15-17/h4-16H,1-3H3,(H,27,30). The molecule has 0 saturated carbocycles. The third kappa shape index (κ3) is 4.59. The van der Waals surface area contributed by atoms with Crippen LogP contribution in [-0.4, -0.2) is 25.2 Å². The molecule has 0 spiro atoms. The Kier molecular flexibility index (Phi) is 5.85. The average Bonchev–Trinajstić information content (AvgIpc) is 3.21. The minimum absolute atomic E-state index is 0.0291. The van der Waals surface area contributed by atoms with Crippen molar-refractivity contribution >= 4 is 11.6 Å². The second kappa shape index (κ2) is 8.89. The first-order valence-electron chi connectivity index (χ1n) is 10.2. The molecule has 0 atom stereocenters. The van der Waals surface area contributed by atoms with Crippen molar-refractivity contribution in [1.29, 1.82) is 0 Å². The zero-order valence-electron chi connectivity index (χ0n) is 18.0. The molecule has 8 heteroatoms. The lowest BCUT2D eigenvalue weighted by molar-refractivity contribution is 0.102. The fourth-order valence-corrected chi connectivity index (χ4v) is 3.22. The molecule has 1 N–H and O–H groups in total. The summed E-state index contributed by atoms with van der Waals surface area (Å²) in [6.07, 6.45) is 6.98. The lowest BCUT2D eigenvalue weighted by Gasteiger charge is -2.12. The summed E-state index contributed by atoms with van der Waals surface area (Å²) < 4.78 is 9.16. The summed E-state index contributed by atoms with van der Waals surface area (Å²) in [5.41, 5.74) is 2.00. The number of anilines is 1. The van der Waals surface area contributed by atoms with Crippen LogP contribution < -0.4 is 15.6 Å². The average molecular weight is 429 g/mol. The molecule has 0 saturated heterocycles. The van der Waals surface area contributed by atoms with Crippen molar-refractivity contribution in [2.75, 3.05) is 5.32 Å². The topological polar surface area (TPSA) is 91.0 Å². The van der Waals surface area contributed by atoms with Gasteiger partial charge in [-0.15, -0.1) is 0 Å². The van der Waals surface area contributed by atoms with Crippen LogP contribution >= 0.6 is 0 Å². The number of nitrogens with one attached hydrogen (secondary N) is 1. The molecule has 0 aliphatic carbocycles. The maximum absolute atomic E-state index is 12.6. The van der Waals surface area contributed by atoms with E-state index in [4.69, 9.17) is 4.74 Å². The number of carbonyl (C=O) groups is 1. The molecule has 3 heterocycles. The first kappa shape index (κ1) is 21.0. The van der Waals surface area contributed by atoms with E-state index in [1.165, 1.54) is 10.6 Å². The van der Waals surface area contributed by atoms with Gasteiger partial charge in [-0.2, -0.15) is 5.10 Å².